The molecule has 1 aliphatic heterocycles. The number of hydrogen-bond acceptors (Lipinski definition) is 8. The summed E-state index contributed by atoms with van der Waals surface area (Å²) in [7, 11) is 2.54. The number of carbonyl (C=O) groups excluding carboxylic acids is 3. The Kier molecular flexibility index (Phi) is 8.00. The number of nitrogens with one attached hydrogen (secondary N) is 1. The zero-order valence-electron chi connectivity index (χ0n) is 18.9. The number of methoxy groups -OCH3 is 2. The van der Waals surface area contributed by atoms with Crippen molar-refractivity contribution in [3.63, 3.8) is 0 Å². The van der Waals surface area contributed by atoms with Crippen LogP contribution < -0.4 is 5.32 Å². The van der Waals surface area contributed by atoms with Crippen molar-refractivity contribution in [1.82, 2.24) is 9.80 Å². The Morgan fingerprint density at radius 3 is 2.22 bits per heavy atom. The predicted octanol–water partition coefficient (Wildman–Crippen LogP) is 2.69. The Bertz CT molecular complexity index is 996. The van der Waals surface area contributed by atoms with Gasteiger partial charge in [0.05, 0.1) is 26.3 Å². The summed E-state index contributed by atoms with van der Waals surface area (Å²) in [6, 6.07) is 8.38. The van der Waals surface area contributed by atoms with E-state index in [4.69, 9.17) is 9.47 Å². The van der Waals surface area contributed by atoms with E-state index in [0.29, 0.717) is 10.6 Å². The number of benzene rings is 1. The van der Waals surface area contributed by atoms with Crippen molar-refractivity contribution in [3.8, 4) is 0 Å². The first-order chi connectivity index (χ1) is 15.3. The lowest BCUT2D eigenvalue weighted by Gasteiger charge is -2.34. The highest BCUT2D eigenvalue weighted by Gasteiger charge is 2.27. The quantitative estimate of drug-likeness (QED) is 0.637. The molecule has 0 aliphatic carbocycles. The Morgan fingerprint density at radius 2 is 1.59 bits per heavy atom. The first-order valence-corrected chi connectivity index (χ1v) is 11.2. The normalized spacial score (nSPS) is 14.8. The second kappa shape index (κ2) is 10.7. The second-order valence-electron chi connectivity index (χ2n) is 7.77. The summed E-state index contributed by atoms with van der Waals surface area (Å²) < 4.78 is 9.61. The maximum atomic E-state index is 12.7. The van der Waals surface area contributed by atoms with Crippen LogP contribution in [0.25, 0.3) is 0 Å². The topological polar surface area (TPSA) is 88.2 Å². The molecule has 2 heterocycles. The van der Waals surface area contributed by atoms with E-state index in [2.05, 4.69) is 40.2 Å². The van der Waals surface area contributed by atoms with Gasteiger partial charge in [-0.1, -0.05) is 24.3 Å². The molecule has 0 atom stereocenters. The van der Waals surface area contributed by atoms with Crippen LogP contribution in [-0.2, 0) is 20.8 Å². The van der Waals surface area contributed by atoms with Crippen molar-refractivity contribution in [3.05, 3.63) is 51.4 Å². The summed E-state index contributed by atoms with van der Waals surface area (Å²) in [5.41, 5.74) is 3.24. The summed E-state index contributed by atoms with van der Waals surface area (Å²) in [5, 5.41) is 3.09. The largest absolute Gasteiger partial charge is 0.465 e. The van der Waals surface area contributed by atoms with Gasteiger partial charge in [-0.15, -0.1) is 11.3 Å². The SMILES string of the molecule is COC(=O)c1sc(NC(=O)CN2CCN(Cc3ccccc3C)CC2)c(C(=O)OC)c1C. The number of ether oxygens (including phenoxy) is 2. The molecule has 172 valence electrons. The predicted molar refractivity (Wildman–Crippen MR) is 123 cm³/mol. The molecule has 0 bridgehead atoms. The lowest BCUT2D eigenvalue weighted by Crippen LogP contribution is -2.48. The van der Waals surface area contributed by atoms with Gasteiger partial charge in [0.15, 0.2) is 0 Å². The molecule has 1 N–H and O–H groups in total. The fourth-order valence-corrected chi connectivity index (χ4v) is 4.87. The third-order valence-electron chi connectivity index (χ3n) is 5.65. The molecule has 32 heavy (non-hydrogen) atoms. The van der Waals surface area contributed by atoms with Gasteiger partial charge in [0, 0.05) is 32.7 Å². The first kappa shape index (κ1) is 23.9. The molecule has 9 heteroatoms. The van der Waals surface area contributed by atoms with Crippen LogP contribution in [-0.4, -0.2) is 74.6 Å². The monoisotopic (exact) mass is 459 g/mol. The fourth-order valence-electron chi connectivity index (χ4n) is 3.74. The van der Waals surface area contributed by atoms with Gasteiger partial charge in [-0.05, 0) is 30.5 Å². The fraction of sp³-hybridized carbons (Fsp3) is 0.435. The number of piperazine rings is 1. The van der Waals surface area contributed by atoms with Crippen LogP contribution in [0.15, 0.2) is 24.3 Å². The number of esters is 2. The minimum absolute atomic E-state index is 0.189. The minimum atomic E-state index is -0.603. The standard InChI is InChI=1S/C23H29N3O5S/c1-15-7-5-6-8-17(15)13-25-9-11-26(12-10-25)14-18(27)24-21-19(22(28)30-3)16(2)20(32-21)23(29)31-4/h5-8H,9-14H2,1-4H3,(H,24,27). The van der Waals surface area contributed by atoms with E-state index < -0.39 is 11.9 Å². The summed E-state index contributed by atoms with van der Waals surface area (Å²) in [5.74, 6) is -1.39. The smallest absolute Gasteiger partial charge is 0.348 e. The van der Waals surface area contributed by atoms with Crippen LogP contribution >= 0.6 is 11.3 Å². The first-order valence-electron chi connectivity index (χ1n) is 10.4. The Labute approximate surface area is 192 Å². The van der Waals surface area contributed by atoms with E-state index in [1.54, 1.807) is 6.92 Å². The van der Waals surface area contributed by atoms with E-state index in [1.807, 2.05) is 6.07 Å². The highest BCUT2D eigenvalue weighted by Crippen LogP contribution is 2.34. The number of rotatable bonds is 7. The van der Waals surface area contributed by atoms with Crippen molar-refractivity contribution in [1.29, 1.82) is 0 Å². The van der Waals surface area contributed by atoms with Crippen LogP contribution in [0.2, 0.25) is 0 Å². The highest BCUT2D eigenvalue weighted by atomic mass is 32.1. The van der Waals surface area contributed by atoms with E-state index in [-0.39, 0.29) is 22.9 Å². The van der Waals surface area contributed by atoms with E-state index in [0.717, 1.165) is 44.1 Å². The van der Waals surface area contributed by atoms with Crippen molar-refractivity contribution >= 4 is 34.2 Å². The number of hydrogen-bond donors (Lipinski definition) is 1. The van der Waals surface area contributed by atoms with Crippen molar-refractivity contribution in [2.45, 2.75) is 20.4 Å². The summed E-state index contributed by atoms with van der Waals surface area (Å²) in [6.45, 7) is 8.18. The molecule has 1 saturated heterocycles. The van der Waals surface area contributed by atoms with Gasteiger partial charge >= 0.3 is 11.9 Å². The molecule has 0 unspecified atom stereocenters. The third-order valence-corrected chi connectivity index (χ3v) is 6.83. The van der Waals surface area contributed by atoms with Crippen LogP contribution in [0.1, 0.15) is 36.7 Å². The number of nitrogens with zero attached hydrogens (tertiary/aromatic N) is 2. The van der Waals surface area contributed by atoms with Gasteiger partial charge in [-0.25, -0.2) is 9.59 Å². The molecule has 1 amide bonds. The van der Waals surface area contributed by atoms with Gasteiger partial charge in [0.2, 0.25) is 5.91 Å². The molecule has 1 aromatic heterocycles. The molecule has 1 fully saturated rings. The maximum Gasteiger partial charge on any atom is 0.348 e. The zero-order chi connectivity index (χ0) is 23.3. The molecule has 0 radical (unpaired) electrons. The average molecular weight is 460 g/mol. The van der Waals surface area contributed by atoms with Gasteiger partial charge in [-0.3, -0.25) is 14.6 Å². The summed E-state index contributed by atoms with van der Waals surface area (Å²) in [6.07, 6.45) is 0. The van der Waals surface area contributed by atoms with Crippen LogP contribution in [0.3, 0.4) is 0 Å². The lowest BCUT2D eigenvalue weighted by molar-refractivity contribution is -0.117. The van der Waals surface area contributed by atoms with Gasteiger partial charge in [-0.2, -0.15) is 0 Å². The molecule has 0 spiro atoms. The highest BCUT2D eigenvalue weighted by molar-refractivity contribution is 7.18. The molecular weight excluding hydrogens is 430 g/mol. The van der Waals surface area contributed by atoms with Crippen molar-refractivity contribution < 1.29 is 23.9 Å². The number of amides is 1. The number of aryl methyl sites for hydroxylation is 1. The minimum Gasteiger partial charge on any atom is -0.465 e. The summed E-state index contributed by atoms with van der Waals surface area (Å²) in [4.78, 5) is 41.7. The molecular formula is C23H29N3O5S. The van der Waals surface area contributed by atoms with E-state index in [9.17, 15) is 14.4 Å². The summed E-state index contributed by atoms with van der Waals surface area (Å²) >= 11 is 1.02. The molecule has 1 aromatic carbocycles. The average Bonchev–Trinajstić information content (AvgIpc) is 3.11. The van der Waals surface area contributed by atoms with Gasteiger partial charge in [0.25, 0.3) is 0 Å². The Hall–Kier alpha value is -2.75. The Balaban J connectivity index is 1.59. The maximum absolute atomic E-state index is 12.7. The molecule has 8 nitrogen and oxygen atoms in total. The second-order valence-corrected chi connectivity index (χ2v) is 8.79. The van der Waals surface area contributed by atoms with Gasteiger partial charge < -0.3 is 14.8 Å². The zero-order valence-corrected chi connectivity index (χ0v) is 19.7. The third kappa shape index (κ3) is 5.53. The lowest BCUT2D eigenvalue weighted by atomic mass is 10.1. The molecule has 0 saturated carbocycles. The Morgan fingerprint density at radius 1 is 0.969 bits per heavy atom. The molecule has 2 aromatic rings. The van der Waals surface area contributed by atoms with Gasteiger partial charge in [0.1, 0.15) is 9.88 Å². The van der Waals surface area contributed by atoms with Crippen LogP contribution in [0.5, 0.6) is 0 Å². The number of anilines is 1. The van der Waals surface area contributed by atoms with Crippen molar-refractivity contribution in [2.75, 3.05) is 52.3 Å². The van der Waals surface area contributed by atoms with Crippen LogP contribution in [0, 0.1) is 13.8 Å². The number of carbonyl (C=O) groups is 3. The van der Waals surface area contributed by atoms with Crippen molar-refractivity contribution in [2.24, 2.45) is 0 Å². The molecule has 1 aliphatic rings. The van der Waals surface area contributed by atoms with Crippen LogP contribution in [0.4, 0.5) is 5.00 Å². The van der Waals surface area contributed by atoms with E-state index >= 15 is 0 Å². The van der Waals surface area contributed by atoms with E-state index in [1.165, 1.54) is 25.3 Å². The molecule has 3 rings (SSSR count). The number of thiophene rings is 1.